The standard InChI is InChI=1S/C36H28ClNO5/c1-3-43-29-14-7-6-13-27(29)31-32(33(39)22-9-8-10-24(20-22)42-2)38-28-17-16-23(37)19-21(28)15-18-30(38)36(31)34(40)25-11-4-5-12-26(25)35(36)41/h4-20,30-32H,3H2,1-2H3/t30-,31-,32+/m1/s1. The van der Waals surface area contributed by atoms with E-state index in [0.717, 1.165) is 11.3 Å². The van der Waals surface area contributed by atoms with Crippen LogP contribution in [0.1, 0.15) is 55.0 Å². The van der Waals surface area contributed by atoms with E-state index in [0.29, 0.717) is 45.4 Å². The van der Waals surface area contributed by atoms with Gasteiger partial charge in [0.15, 0.2) is 17.3 Å². The van der Waals surface area contributed by atoms with Crippen molar-refractivity contribution in [3.05, 3.63) is 130 Å². The third kappa shape index (κ3) is 3.83. The highest BCUT2D eigenvalue weighted by atomic mass is 35.5. The summed E-state index contributed by atoms with van der Waals surface area (Å²) in [6.45, 7) is 2.26. The Morgan fingerprint density at radius 1 is 0.907 bits per heavy atom. The quantitative estimate of drug-likeness (QED) is 0.177. The van der Waals surface area contributed by atoms with Crippen LogP contribution in [0.25, 0.3) is 6.08 Å². The minimum atomic E-state index is -1.62. The van der Waals surface area contributed by atoms with Crippen molar-refractivity contribution in [2.75, 3.05) is 18.6 Å². The van der Waals surface area contributed by atoms with E-state index in [9.17, 15) is 14.4 Å². The van der Waals surface area contributed by atoms with Crippen molar-refractivity contribution < 1.29 is 23.9 Å². The van der Waals surface area contributed by atoms with Crippen LogP contribution < -0.4 is 14.4 Å². The molecule has 1 spiro atoms. The van der Waals surface area contributed by atoms with E-state index in [1.165, 1.54) is 0 Å². The number of methoxy groups -OCH3 is 1. The number of rotatable bonds is 6. The smallest absolute Gasteiger partial charge is 0.186 e. The first-order chi connectivity index (χ1) is 20.9. The predicted octanol–water partition coefficient (Wildman–Crippen LogP) is 7.06. The second kappa shape index (κ2) is 10.2. The average molecular weight is 590 g/mol. The Morgan fingerprint density at radius 2 is 1.63 bits per heavy atom. The Labute approximate surface area is 254 Å². The molecule has 4 aromatic rings. The van der Waals surface area contributed by atoms with Gasteiger partial charge in [0.1, 0.15) is 23.0 Å². The molecule has 0 radical (unpaired) electrons. The number of benzene rings is 4. The fraction of sp³-hybridized carbons (Fsp3) is 0.194. The summed E-state index contributed by atoms with van der Waals surface area (Å²) < 4.78 is 11.6. The van der Waals surface area contributed by atoms with Crippen LogP contribution in [-0.4, -0.2) is 43.2 Å². The molecule has 214 valence electrons. The maximum Gasteiger partial charge on any atom is 0.186 e. The van der Waals surface area contributed by atoms with E-state index in [4.69, 9.17) is 21.1 Å². The van der Waals surface area contributed by atoms with Crippen LogP contribution in [0.3, 0.4) is 0 Å². The van der Waals surface area contributed by atoms with Gasteiger partial charge in [0.05, 0.1) is 19.8 Å². The van der Waals surface area contributed by atoms with Crippen LogP contribution >= 0.6 is 11.6 Å². The van der Waals surface area contributed by atoms with Crippen LogP contribution in [-0.2, 0) is 0 Å². The molecular weight excluding hydrogens is 562 g/mol. The molecule has 1 aliphatic carbocycles. The number of hydrogen-bond donors (Lipinski definition) is 0. The second-order valence-electron chi connectivity index (χ2n) is 11.0. The summed E-state index contributed by atoms with van der Waals surface area (Å²) in [5.41, 5.74) is 1.70. The molecule has 0 saturated carbocycles. The molecule has 0 aromatic heterocycles. The lowest BCUT2D eigenvalue weighted by atomic mass is 9.64. The molecule has 2 aliphatic heterocycles. The van der Waals surface area contributed by atoms with Crippen molar-refractivity contribution in [2.45, 2.75) is 24.9 Å². The molecule has 0 N–H and O–H groups in total. The Kier molecular flexibility index (Phi) is 6.47. The molecule has 1 fully saturated rings. The number of carbonyl (C=O) groups excluding carboxylic acids is 3. The zero-order valence-electron chi connectivity index (χ0n) is 23.6. The molecule has 0 amide bonds. The van der Waals surface area contributed by atoms with Gasteiger partial charge in [-0.25, -0.2) is 0 Å². The number of para-hydroxylation sites is 1. The van der Waals surface area contributed by atoms with Crippen molar-refractivity contribution >= 4 is 40.7 Å². The van der Waals surface area contributed by atoms with Crippen molar-refractivity contribution in [2.24, 2.45) is 5.41 Å². The minimum Gasteiger partial charge on any atom is -0.497 e. The number of nitrogens with zero attached hydrogens (tertiary/aromatic N) is 1. The SMILES string of the molecule is CCOc1ccccc1[C@@H]1[C@@H](C(=O)c2cccc(OC)c2)N2c3ccc(Cl)cc3C=C[C@@H]2C12C(=O)c1ccccc1C2=O. The largest absolute Gasteiger partial charge is 0.497 e. The van der Waals surface area contributed by atoms with E-state index in [1.54, 1.807) is 61.7 Å². The molecule has 7 heteroatoms. The van der Waals surface area contributed by atoms with Gasteiger partial charge in [-0.3, -0.25) is 14.4 Å². The molecule has 4 aromatic carbocycles. The Hall–Kier alpha value is -4.68. The first kappa shape index (κ1) is 27.2. The third-order valence-electron chi connectivity index (χ3n) is 8.94. The number of anilines is 1. The van der Waals surface area contributed by atoms with Crippen LogP contribution in [0.5, 0.6) is 11.5 Å². The topological polar surface area (TPSA) is 72.9 Å². The summed E-state index contributed by atoms with van der Waals surface area (Å²) in [6, 6.07) is 25.1. The van der Waals surface area contributed by atoms with Crippen molar-refractivity contribution in [1.29, 1.82) is 0 Å². The van der Waals surface area contributed by atoms with Crippen LogP contribution in [0.2, 0.25) is 5.02 Å². The normalized spacial score (nSPS) is 21.0. The number of Topliss-reactive ketones (excluding diaryl/α,β-unsaturated/α-hetero) is 3. The van der Waals surface area contributed by atoms with Gasteiger partial charge in [-0.1, -0.05) is 78.4 Å². The fourth-order valence-corrected chi connectivity index (χ4v) is 7.44. The molecular formula is C36H28ClNO5. The second-order valence-corrected chi connectivity index (χ2v) is 11.4. The Balaban J connectivity index is 1.56. The monoisotopic (exact) mass is 589 g/mol. The van der Waals surface area contributed by atoms with Gasteiger partial charge >= 0.3 is 0 Å². The van der Waals surface area contributed by atoms with Gasteiger partial charge in [-0.2, -0.15) is 0 Å². The number of carbonyl (C=O) groups is 3. The molecule has 7 rings (SSSR count). The summed E-state index contributed by atoms with van der Waals surface area (Å²) in [5, 5.41) is 0.546. The van der Waals surface area contributed by atoms with E-state index >= 15 is 0 Å². The summed E-state index contributed by atoms with van der Waals surface area (Å²) >= 11 is 6.40. The van der Waals surface area contributed by atoms with E-state index in [2.05, 4.69) is 0 Å². The van der Waals surface area contributed by atoms with Crippen molar-refractivity contribution in [3.63, 3.8) is 0 Å². The number of hydrogen-bond acceptors (Lipinski definition) is 6. The van der Waals surface area contributed by atoms with Gasteiger partial charge in [-0.15, -0.1) is 0 Å². The number of ether oxygens (including phenoxy) is 2. The van der Waals surface area contributed by atoms with Crippen LogP contribution in [0, 0.1) is 5.41 Å². The summed E-state index contributed by atoms with van der Waals surface area (Å²) in [5.74, 6) is -0.616. The number of ketones is 3. The maximum absolute atomic E-state index is 14.9. The molecule has 6 nitrogen and oxygen atoms in total. The highest BCUT2D eigenvalue weighted by Gasteiger charge is 2.72. The predicted molar refractivity (Wildman–Crippen MR) is 166 cm³/mol. The number of fused-ring (bicyclic) bond motifs is 5. The van der Waals surface area contributed by atoms with Crippen LogP contribution in [0.15, 0.2) is 97.1 Å². The minimum absolute atomic E-state index is 0.232. The van der Waals surface area contributed by atoms with Crippen molar-refractivity contribution in [3.8, 4) is 11.5 Å². The Bertz CT molecular complexity index is 1810. The first-order valence-electron chi connectivity index (χ1n) is 14.3. The summed E-state index contributed by atoms with van der Waals surface area (Å²) in [6.07, 6.45) is 3.78. The summed E-state index contributed by atoms with van der Waals surface area (Å²) in [7, 11) is 1.55. The zero-order chi connectivity index (χ0) is 29.9. The molecule has 3 aliphatic rings. The van der Waals surface area contributed by atoms with Crippen LogP contribution in [0.4, 0.5) is 5.69 Å². The zero-order valence-corrected chi connectivity index (χ0v) is 24.4. The molecule has 43 heavy (non-hydrogen) atoms. The lowest BCUT2D eigenvalue weighted by molar-refractivity contribution is 0.0664. The molecule has 3 atom stereocenters. The van der Waals surface area contributed by atoms with Gasteiger partial charge in [0.2, 0.25) is 0 Å². The highest BCUT2D eigenvalue weighted by molar-refractivity contribution is 6.33. The number of halogens is 1. The third-order valence-corrected chi connectivity index (χ3v) is 9.18. The first-order valence-corrected chi connectivity index (χ1v) is 14.6. The maximum atomic E-state index is 14.9. The summed E-state index contributed by atoms with van der Waals surface area (Å²) in [4.78, 5) is 46.5. The van der Waals surface area contributed by atoms with Gasteiger partial charge in [0, 0.05) is 38.9 Å². The van der Waals surface area contributed by atoms with E-state index in [-0.39, 0.29) is 17.3 Å². The van der Waals surface area contributed by atoms with E-state index < -0.39 is 23.4 Å². The van der Waals surface area contributed by atoms with Gasteiger partial charge < -0.3 is 14.4 Å². The lowest BCUT2D eigenvalue weighted by Crippen LogP contribution is -2.48. The highest BCUT2D eigenvalue weighted by Crippen LogP contribution is 2.62. The lowest BCUT2D eigenvalue weighted by Gasteiger charge is -2.37. The molecule has 0 unspecified atom stereocenters. The Morgan fingerprint density at radius 3 is 2.35 bits per heavy atom. The molecule has 0 bridgehead atoms. The van der Waals surface area contributed by atoms with E-state index in [1.807, 2.05) is 60.4 Å². The average Bonchev–Trinajstić information content (AvgIpc) is 3.47. The fourth-order valence-electron chi connectivity index (χ4n) is 7.26. The van der Waals surface area contributed by atoms with Gasteiger partial charge in [-0.05, 0) is 48.9 Å². The molecule has 1 saturated heterocycles. The van der Waals surface area contributed by atoms with Gasteiger partial charge in [0.25, 0.3) is 0 Å². The van der Waals surface area contributed by atoms with Crippen molar-refractivity contribution in [1.82, 2.24) is 0 Å². The molecule has 2 heterocycles.